The highest BCUT2D eigenvalue weighted by atomic mass is 79.9. The van der Waals surface area contributed by atoms with Crippen molar-refractivity contribution in [3.63, 3.8) is 0 Å². The molecule has 0 fully saturated rings. The van der Waals surface area contributed by atoms with Gasteiger partial charge in [0, 0.05) is 15.9 Å². The molecule has 2 unspecified atom stereocenters. The number of benzene rings is 1. The van der Waals surface area contributed by atoms with Crippen LogP contribution in [0.3, 0.4) is 0 Å². The molecule has 1 aromatic carbocycles. The molecule has 2 N–H and O–H groups in total. The third-order valence-corrected chi connectivity index (χ3v) is 4.14. The topological polar surface area (TPSA) is 52.3 Å². The lowest BCUT2D eigenvalue weighted by Gasteiger charge is -2.36. The number of nitrogens with two attached hydrogens (primary N) is 1. The first-order valence-electron chi connectivity index (χ1n) is 6.04. The average molecular weight is 314 g/mol. The normalized spacial score (nSPS) is 15.8. The van der Waals surface area contributed by atoms with Crippen molar-refractivity contribution in [3.8, 4) is 0 Å². The zero-order valence-electron chi connectivity index (χ0n) is 11.1. The summed E-state index contributed by atoms with van der Waals surface area (Å²) in [5.74, 6) is -0.225. The zero-order valence-corrected chi connectivity index (χ0v) is 12.7. The Bertz CT molecular complexity index is 403. The Morgan fingerprint density at radius 2 is 2.00 bits per heavy atom. The van der Waals surface area contributed by atoms with Crippen molar-refractivity contribution < 1.29 is 9.53 Å². The van der Waals surface area contributed by atoms with Gasteiger partial charge in [0.1, 0.15) is 0 Å². The molecule has 0 aliphatic heterocycles. The number of hydrogen-bond donors (Lipinski definition) is 1. The summed E-state index contributed by atoms with van der Waals surface area (Å²) in [5, 5.41) is 0. The van der Waals surface area contributed by atoms with E-state index in [1.54, 1.807) is 0 Å². The fourth-order valence-corrected chi connectivity index (χ4v) is 2.55. The SMILES string of the molecule is CCC(CC(=O)OC)(c1ccc(Br)cc1)C(C)N. The fraction of sp³-hybridized carbons (Fsp3) is 0.500. The van der Waals surface area contributed by atoms with Crippen molar-refractivity contribution in [3.05, 3.63) is 34.3 Å². The largest absolute Gasteiger partial charge is 0.469 e. The highest BCUT2D eigenvalue weighted by molar-refractivity contribution is 9.10. The molecule has 3 nitrogen and oxygen atoms in total. The number of ether oxygens (including phenoxy) is 1. The molecule has 1 rings (SSSR count). The van der Waals surface area contributed by atoms with Gasteiger partial charge in [-0.3, -0.25) is 4.79 Å². The minimum atomic E-state index is -0.367. The van der Waals surface area contributed by atoms with E-state index < -0.39 is 0 Å². The molecule has 0 spiro atoms. The number of hydrogen-bond acceptors (Lipinski definition) is 3. The highest BCUT2D eigenvalue weighted by Gasteiger charge is 2.37. The van der Waals surface area contributed by atoms with Crippen LogP contribution >= 0.6 is 15.9 Å². The van der Waals surface area contributed by atoms with Crippen molar-refractivity contribution in [2.24, 2.45) is 5.73 Å². The minimum absolute atomic E-state index is 0.122. The highest BCUT2D eigenvalue weighted by Crippen LogP contribution is 2.35. The van der Waals surface area contributed by atoms with Crippen LogP contribution in [-0.4, -0.2) is 19.1 Å². The second-order valence-corrected chi connectivity index (χ2v) is 5.47. The van der Waals surface area contributed by atoms with E-state index in [9.17, 15) is 4.79 Å². The average Bonchev–Trinajstić information content (AvgIpc) is 2.36. The van der Waals surface area contributed by atoms with E-state index in [4.69, 9.17) is 10.5 Å². The van der Waals surface area contributed by atoms with E-state index in [-0.39, 0.29) is 17.4 Å². The molecular weight excluding hydrogens is 294 g/mol. The first kappa shape index (κ1) is 15.2. The van der Waals surface area contributed by atoms with Crippen LogP contribution in [0, 0.1) is 0 Å². The summed E-state index contributed by atoms with van der Waals surface area (Å²) in [4.78, 5) is 11.6. The molecule has 18 heavy (non-hydrogen) atoms. The molecule has 0 amide bonds. The zero-order chi connectivity index (χ0) is 13.8. The first-order chi connectivity index (χ1) is 8.46. The van der Waals surface area contributed by atoms with Gasteiger partial charge in [0.15, 0.2) is 0 Å². The molecule has 0 aromatic heterocycles. The number of methoxy groups -OCH3 is 1. The van der Waals surface area contributed by atoms with E-state index >= 15 is 0 Å². The molecule has 0 radical (unpaired) electrons. The lowest BCUT2D eigenvalue weighted by atomic mass is 9.70. The summed E-state index contributed by atoms with van der Waals surface area (Å²) >= 11 is 3.41. The Morgan fingerprint density at radius 1 is 1.44 bits per heavy atom. The van der Waals surface area contributed by atoms with Crippen LogP contribution in [-0.2, 0) is 14.9 Å². The Morgan fingerprint density at radius 3 is 2.39 bits per heavy atom. The number of esters is 1. The van der Waals surface area contributed by atoms with Gasteiger partial charge in [0.25, 0.3) is 0 Å². The quantitative estimate of drug-likeness (QED) is 0.850. The van der Waals surface area contributed by atoms with Crippen LogP contribution in [0.15, 0.2) is 28.7 Å². The predicted octanol–water partition coefficient (Wildman–Crippen LogP) is 3.01. The van der Waals surface area contributed by atoms with Crippen LogP contribution in [0.5, 0.6) is 0 Å². The van der Waals surface area contributed by atoms with Crippen LogP contribution < -0.4 is 5.73 Å². The Kier molecular flexibility index (Phi) is 5.35. The summed E-state index contributed by atoms with van der Waals surface area (Å²) in [6.07, 6.45) is 1.10. The monoisotopic (exact) mass is 313 g/mol. The smallest absolute Gasteiger partial charge is 0.306 e. The third-order valence-electron chi connectivity index (χ3n) is 3.61. The van der Waals surface area contributed by atoms with Gasteiger partial charge in [-0.05, 0) is 31.0 Å². The van der Waals surface area contributed by atoms with Gasteiger partial charge in [0.05, 0.1) is 13.5 Å². The van der Waals surface area contributed by atoms with E-state index in [0.717, 1.165) is 16.5 Å². The summed E-state index contributed by atoms with van der Waals surface area (Å²) in [7, 11) is 1.41. The lowest BCUT2D eigenvalue weighted by molar-refractivity contribution is -0.142. The Hall–Kier alpha value is -0.870. The van der Waals surface area contributed by atoms with Gasteiger partial charge in [0.2, 0.25) is 0 Å². The molecule has 1 aromatic rings. The van der Waals surface area contributed by atoms with E-state index in [1.807, 2.05) is 38.1 Å². The van der Waals surface area contributed by atoms with Crippen molar-refractivity contribution in [2.45, 2.75) is 38.1 Å². The lowest BCUT2D eigenvalue weighted by Crippen LogP contribution is -2.44. The molecule has 0 saturated heterocycles. The molecule has 0 saturated carbocycles. The van der Waals surface area contributed by atoms with Gasteiger partial charge in [-0.1, -0.05) is 35.0 Å². The van der Waals surface area contributed by atoms with Crippen LogP contribution in [0.1, 0.15) is 32.3 Å². The second kappa shape index (κ2) is 6.34. The molecular formula is C14H20BrNO2. The number of rotatable bonds is 5. The fourth-order valence-electron chi connectivity index (χ4n) is 2.29. The van der Waals surface area contributed by atoms with Gasteiger partial charge >= 0.3 is 5.97 Å². The molecule has 0 aliphatic carbocycles. The predicted molar refractivity (Wildman–Crippen MR) is 76.4 cm³/mol. The van der Waals surface area contributed by atoms with Crippen molar-refractivity contribution >= 4 is 21.9 Å². The molecule has 0 bridgehead atoms. The van der Waals surface area contributed by atoms with E-state index in [1.165, 1.54) is 7.11 Å². The third kappa shape index (κ3) is 3.12. The van der Waals surface area contributed by atoms with Crippen LogP contribution in [0.2, 0.25) is 0 Å². The van der Waals surface area contributed by atoms with Crippen molar-refractivity contribution in [1.82, 2.24) is 0 Å². The number of carbonyl (C=O) groups excluding carboxylic acids is 1. The van der Waals surface area contributed by atoms with Crippen LogP contribution in [0.4, 0.5) is 0 Å². The number of halogens is 1. The molecule has 0 heterocycles. The maximum absolute atomic E-state index is 11.6. The van der Waals surface area contributed by atoms with Crippen LogP contribution in [0.25, 0.3) is 0 Å². The number of carbonyl (C=O) groups is 1. The first-order valence-corrected chi connectivity index (χ1v) is 6.84. The molecule has 100 valence electrons. The van der Waals surface area contributed by atoms with Gasteiger partial charge < -0.3 is 10.5 Å². The van der Waals surface area contributed by atoms with Gasteiger partial charge in [-0.25, -0.2) is 0 Å². The minimum Gasteiger partial charge on any atom is -0.469 e. The Labute approximate surface area is 117 Å². The molecule has 2 atom stereocenters. The van der Waals surface area contributed by atoms with Crippen molar-refractivity contribution in [1.29, 1.82) is 0 Å². The summed E-state index contributed by atoms with van der Waals surface area (Å²) in [6.45, 7) is 3.99. The van der Waals surface area contributed by atoms with Gasteiger partial charge in [-0.15, -0.1) is 0 Å². The summed E-state index contributed by atoms with van der Waals surface area (Å²) < 4.78 is 5.81. The van der Waals surface area contributed by atoms with E-state index in [2.05, 4.69) is 15.9 Å². The second-order valence-electron chi connectivity index (χ2n) is 4.56. The van der Waals surface area contributed by atoms with E-state index in [0.29, 0.717) is 6.42 Å². The van der Waals surface area contributed by atoms with Gasteiger partial charge in [-0.2, -0.15) is 0 Å². The summed E-state index contributed by atoms with van der Waals surface area (Å²) in [6, 6.07) is 7.85. The maximum Gasteiger partial charge on any atom is 0.306 e. The standard InChI is InChI=1S/C14H20BrNO2/c1-4-14(10(2)16,9-13(17)18-3)11-5-7-12(15)8-6-11/h5-8,10H,4,9,16H2,1-3H3. The summed E-state index contributed by atoms with van der Waals surface area (Å²) in [5.41, 5.74) is 6.85. The molecule has 0 aliphatic rings. The Balaban J connectivity index is 3.18. The van der Waals surface area contributed by atoms with Crippen molar-refractivity contribution in [2.75, 3.05) is 7.11 Å². The molecule has 4 heteroatoms. The maximum atomic E-state index is 11.6.